The lowest BCUT2D eigenvalue weighted by atomic mass is 10.1. The number of carbonyl (C=O) groups excluding carboxylic acids is 2. The van der Waals surface area contributed by atoms with Crippen molar-refractivity contribution in [1.82, 2.24) is 9.78 Å². The molecule has 9 heteroatoms. The van der Waals surface area contributed by atoms with Gasteiger partial charge in [-0.2, -0.15) is 5.10 Å². The fourth-order valence-corrected chi connectivity index (χ4v) is 6.73. The Morgan fingerprint density at radius 3 is 2.44 bits per heavy atom. The Kier molecular flexibility index (Phi) is 5.51. The van der Waals surface area contributed by atoms with E-state index in [4.69, 9.17) is 0 Å². The lowest BCUT2D eigenvalue weighted by molar-refractivity contribution is -0.117. The van der Waals surface area contributed by atoms with Crippen molar-refractivity contribution < 1.29 is 18.0 Å². The quantitative estimate of drug-likeness (QED) is 0.507. The Labute approximate surface area is 198 Å². The maximum Gasteiger partial charge on any atom is 0.268 e. The number of amides is 1. The molecule has 0 N–H and O–H groups in total. The zero-order valence-corrected chi connectivity index (χ0v) is 20.0. The average molecular weight is 479 g/mol. The van der Waals surface area contributed by atoms with Crippen LogP contribution >= 0.6 is 0 Å². The van der Waals surface area contributed by atoms with E-state index in [2.05, 4.69) is 5.10 Å². The normalized spacial score (nSPS) is 15.8. The van der Waals surface area contributed by atoms with Crippen molar-refractivity contribution in [1.29, 1.82) is 0 Å². The molecule has 1 amide bonds. The number of aryl methyl sites for hydroxylation is 1. The number of hydrogen-bond donors (Lipinski definition) is 0. The summed E-state index contributed by atoms with van der Waals surface area (Å²) in [4.78, 5) is 26.8. The van der Waals surface area contributed by atoms with Crippen LogP contribution in [0.2, 0.25) is 0 Å². The Morgan fingerprint density at radius 2 is 1.74 bits per heavy atom. The smallest absolute Gasteiger partial charge is 0.268 e. The third kappa shape index (κ3) is 3.69. The van der Waals surface area contributed by atoms with Crippen LogP contribution in [0.15, 0.2) is 53.4 Å². The number of aromatic nitrogens is 2. The molecule has 3 aromatic rings. The molecule has 0 aliphatic carbocycles. The minimum Gasteiger partial charge on any atom is -0.312 e. The molecule has 0 unspecified atom stereocenters. The van der Waals surface area contributed by atoms with Crippen LogP contribution in [0, 0.1) is 13.8 Å². The lowest BCUT2D eigenvalue weighted by Gasteiger charge is -2.19. The van der Waals surface area contributed by atoms with Gasteiger partial charge in [-0.1, -0.05) is 18.2 Å². The van der Waals surface area contributed by atoms with E-state index >= 15 is 0 Å². The Hall–Kier alpha value is -3.46. The second kappa shape index (κ2) is 8.39. The molecule has 1 fully saturated rings. The van der Waals surface area contributed by atoms with Crippen LogP contribution in [0.4, 0.5) is 11.4 Å². The Morgan fingerprint density at radius 1 is 1.00 bits per heavy atom. The van der Waals surface area contributed by atoms with Crippen LogP contribution in [0.5, 0.6) is 0 Å². The molecule has 176 valence electrons. The first-order chi connectivity index (χ1) is 16.3. The van der Waals surface area contributed by atoms with Gasteiger partial charge in [0, 0.05) is 30.8 Å². The van der Waals surface area contributed by atoms with Gasteiger partial charge in [-0.15, -0.1) is 0 Å². The highest BCUT2D eigenvalue weighted by molar-refractivity contribution is 7.93. The van der Waals surface area contributed by atoms with Crippen molar-refractivity contribution in [3.05, 3.63) is 71.0 Å². The molecule has 34 heavy (non-hydrogen) atoms. The van der Waals surface area contributed by atoms with Gasteiger partial charge in [-0.05, 0) is 62.6 Å². The number of carbonyl (C=O) groups is 2. The Balaban J connectivity index is 1.38. The summed E-state index contributed by atoms with van der Waals surface area (Å²) in [5, 5.41) is 4.40. The van der Waals surface area contributed by atoms with Gasteiger partial charge in [0.2, 0.25) is 5.91 Å². The highest BCUT2D eigenvalue weighted by atomic mass is 32.2. The SMILES string of the molecule is Cc1nn(CC(=O)c2ccc(N3CCCC3=O)cc2)c(C)c1S(=O)(=O)N1CCc2ccccc21. The predicted molar refractivity (Wildman–Crippen MR) is 129 cm³/mol. The van der Waals surface area contributed by atoms with Crippen molar-refractivity contribution in [2.45, 2.75) is 44.6 Å². The van der Waals surface area contributed by atoms with E-state index in [1.165, 1.54) is 8.99 Å². The average Bonchev–Trinajstić information content (AvgIpc) is 3.51. The summed E-state index contributed by atoms with van der Waals surface area (Å²) in [6.07, 6.45) is 2.05. The zero-order valence-electron chi connectivity index (χ0n) is 19.2. The van der Waals surface area contributed by atoms with E-state index in [1.54, 1.807) is 43.0 Å². The molecule has 0 radical (unpaired) electrons. The van der Waals surface area contributed by atoms with Crippen LogP contribution in [0.25, 0.3) is 0 Å². The molecule has 0 spiro atoms. The first-order valence-corrected chi connectivity index (χ1v) is 12.8. The van der Waals surface area contributed by atoms with Gasteiger partial charge in [0.25, 0.3) is 10.0 Å². The molecule has 1 aromatic heterocycles. The molecule has 3 heterocycles. The molecule has 0 atom stereocenters. The molecule has 5 rings (SSSR count). The first-order valence-electron chi connectivity index (χ1n) is 11.4. The van der Waals surface area contributed by atoms with E-state index in [9.17, 15) is 18.0 Å². The molecular weight excluding hydrogens is 452 g/mol. The number of benzene rings is 2. The highest BCUT2D eigenvalue weighted by Gasteiger charge is 2.35. The summed E-state index contributed by atoms with van der Waals surface area (Å²) >= 11 is 0. The van der Waals surface area contributed by atoms with Gasteiger partial charge >= 0.3 is 0 Å². The summed E-state index contributed by atoms with van der Waals surface area (Å²) in [5.74, 6) is -0.0866. The number of fused-ring (bicyclic) bond motifs is 1. The topological polar surface area (TPSA) is 92.6 Å². The van der Waals surface area contributed by atoms with Crippen LogP contribution < -0.4 is 9.21 Å². The second-order valence-corrected chi connectivity index (χ2v) is 10.5. The van der Waals surface area contributed by atoms with Crippen molar-refractivity contribution >= 4 is 33.1 Å². The van der Waals surface area contributed by atoms with Crippen LogP contribution in [0.3, 0.4) is 0 Å². The molecule has 1 saturated heterocycles. The van der Waals surface area contributed by atoms with Crippen LogP contribution in [-0.2, 0) is 27.8 Å². The maximum absolute atomic E-state index is 13.6. The maximum atomic E-state index is 13.6. The van der Waals surface area contributed by atoms with Crippen molar-refractivity contribution in [3.8, 4) is 0 Å². The summed E-state index contributed by atoms with van der Waals surface area (Å²) in [6.45, 7) is 4.35. The van der Waals surface area contributed by atoms with Gasteiger partial charge in [0.15, 0.2) is 5.78 Å². The van der Waals surface area contributed by atoms with Crippen LogP contribution in [0.1, 0.15) is 40.2 Å². The number of ketones is 1. The molecule has 2 aliphatic rings. The largest absolute Gasteiger partial charge is 0.312 e. The van der Waals surface area contributed by atoms with E-state index in [0.29, 0.717) is 48.6 Å². The lowest BCUT2D eigenvalue weighted by Crippen LogP contribution is -2.30. The summed E-state index contributed by atoms with van der Waals surface area (Å²) < 4.78 is 30.0. The fraction of sp³-hybridized carbons (Fsp3) is 0.320. The van der Waals surface area contributed by atoms with Crippen LogP contribution in [-0.4, -0.2) is 43.0 Å². The first kappa shape index (κ1) is 22.3. The number of Topliss-reactive ketones (excluding diaryl/α,β-unsaturated/α-hetero) is 1. The number of sulfonamides is 1. The van der Waals surface area contributed by atoms with Gasteiger partial charge in [-0.3, -0.25) is 18.6 Å². The number of nitrogens with zero attached hydrogens (tertiary/aromatic N) is 4. The third-order valence-electron chi connectivity index (χ3n) is 6.58. The third-order valence-corrected chi connectivity index (χ3v) is 8.64. The van der Waals surface area contributed by atoms with E-state index in [-0.39, 0.29) is 23.1 Å². The van der Waals surface area contributed by atoms with Gasteiger partial charge in [-0.25, -0.2) is 8.42 Å². The molecule has 0 bridgehead atoms. The number of para-hydroxylation sites is 1. The number of anilines is 2. The minimum absolute atomic E-state index is 0.0687. The molecule has 2 aromatic carbocycles. The second-order valence-electron chi connectivity index (χ2n) is 8.73. The zero-order chi connectivity index (χ0) is 24.0. The fourth-order valence-electron chi connectivity index (χ4n) is 4.85. The molecule has 2 aliphatic heterocycles. The molecular formula is C25H26N4O4S. The summed E-state index contributed by atoms with van der Waals surface area (Å²) in [7, 11) is -3.81. The molecule has 0 saturated carbocycles. The minimum atomic E-state index is -3.81. The summed E-state index contributed by atoms with van der Waals surface area (Å²) in [6, 6.07) is 14.5. The standard InChI is InChI=1S/C25H26N4O4S/c1-17-25(34(32,33)29-15-13-19-6-3-4-7-22(19)29)18(2)28(26-17)16-23(30)20-9-11-21(12-10-20)27-14-5-8-24(27)31/h3-4,6-7,9-12H,5,8,13-16H2,1-2H3. The number of hydrogen-bond acceptors (Lipinski definition) is 5. The number of rotatable bonds is 6. The monoisotopic (exact) mass is 478 g/mol. The highest BCUT2D eigenvalue weighted by Crippen LogP contribution is 2.34. The predicted octanol–water partition coefficient (Wildman–Crippen LogP) is 3.26. The van der Waals surface area contributed by atoms with Gasteiger partial charge in [0.1, 0.15) is 11.4 Å². The summed E-state index contributed by atoms with van der Waals surface area (Å²) in [5.41, 5.74) is 3.78. The van der Waals surface area contributed by atoms with Crippen molar-refractivity contribution in [2.24, 2.45) is 0 Å². The van der Waals surface area contributed by atoms with E-state index in [0.717, 1.165) is 17.7 Å². The van der Waals surface area contributed by atoms with Crippen molar-refractivity contribution in [3.63, 3.8) is 0 Å². The van der Waals surface area contributed by atoms with Crippen molar-refractivity contribution in [2.75, 3.05) is 22.3 Å². The van der Waals surface area contributed by atoms with Gasteiger partial charge in [0.05, 0.1) is 17.1 Å². The van der Waals surface area contributed by atoms with Gasteiger partial charge < -0.3 is 4.90 Å². The van der Waals surface area contributed by atoms with E-state index in [1.807, 2.05) is 24.3 Å². The molecule has 8 nitrogen and oxygen atoms in total. The Bertz CT molecular complexity index is 1390. The van der Waals surface area contributed by atoms with E-state index < -0.39 is 10.0 Å².